The molecule has 1 aromatic heterocycles. The zero-order chi connectivity index (χ0) is 12.2. The third-order valence-electron chi connectivity index (χ3n) is 2.77. The molecular formula is C11H17Br2NOS. The van der Waals surface area contributed by atoms with E-state index in [0.29, 0.717) is 6.54 Å². The number of aliphatic hydroxyl groups is 1. The van der Waals surface area contributed by atoms with Gasteiger partial charge >= 0.3 is 0 Å². The van der Waals surface area contributed by atoms with Gasteiger partial charge in [0, 0.05) is 22.4 Å². The summed E-state index contributed by atoms with van der Waals surface area (Å²) in [6.45, 7) is 5.48. The Balaban J connectivity index is 2.41. The smallest absolute Gasteiger partial charge is 0.0843 e. The number of thiophene rings is 1. The van der Waals surface area contributed by atoms with Crippen LogP contribution in [0.2, 0.25) is 0 Å². The number of nitrogens with one attached hydrogen (secondary N) is 1. The Morgan fingerprint density at radius 1 is 1.38 bits per heavy atom. The molecule has 1 heterocycles. The van der Waals surface area contributed by atoms with E-state index in [-0.39, 0.29) is 0 Å². The van der Waals surface area contributed by atoms with E-state index in [4.69, 9.17) is 0 Å². The van der Waals surface area contributed by atoms with Crippen LogP contribution in [0.15, 0.2) is 14.3 Å². The Hall–Kier alpha value is 0.580. The molecule has 2 nitrogen and oxygen atoms in total. The molecule has 0 atom stereocenters. The van der Waals surface area contributed by atoms with E-state index in [2.05, 4.69) is 43.2 Å². The third-order valence-corrected chi connectivity index (χ3v) is 6.02. The molecule has 1 rings (SSSR count). The molecule has 0 unspecified atom stereocenters. The van der Waals surface area contributed by atoms with Gasteiger partial charge in [0.15, 0.2) is 0 Å². The first kappa shape index (κ1) is 14.6. The summed E-state index contributed by atoms with van der Waals surface area (Å²) in [5.41, 5.74) is -0.564. The van der Waals surface area contributed by atoms with E-state index in [0.717, 1.165) is 27.6 Å². The van der Waals surface area contributed by atoms with Crippen LogP contribution in [0.3, 0.4) is 0 Å². The largest absolute Gasteiger partial charge is 0.389 e. The number of hydrogen-bond donors (Lipinski definition) is 2. The maximum absolute atomic E-state index is 10.1. The fourth-order valence-corrected chi connectivity index (χ4v) is 3.54. The summed E-state index contributed by atoms with van der Waals surface area (Å²) in [6.07, 6.45) is 1.57. The van der Waals surface area contributed by atoms with Gasteiger partial charge in [0.25, 0.3) is 0 Å². The van der Waals surface area contributed by atoms with Crippen molar-refractivity contribution in [2.45, 2.75) is 38.8 Å². The Morgan fingerprint density at radius 3 is 2.44 bits per heavy atom. The van der Waals surface area contributed by atoms with Crippen molar-refractivity contribution in [3.8, 4) is 0 Å². The van der Waals surface area contributed by atoms with Crippen LogP contribution >= 0.6 is 43.2 Å². The van der Waals surface area contributed by atoms with Gasteiger partial charge in [-0.05, 0) is 50.8 Å². The highest BCUT2D eigenvalue weighted by molar-refractivity contribution is 9.13. The van der Waals surface area contributed by atoms with Crippen molar-refractivity contribution in [1.82, 2.24) is 5.32 Å². The molecule has 0 aromatic carbocycles. The summed E-state index contributed by atoms with van der Waals surface area (Å²) < 4.78 is 2.21. The summed E-state index contributed by atoms with van der Waals surface area (Å²) >= 11 is 8.64. The van der Waals surface area contributed by atoms with Gasteiger partial charge < -0.3 is 10.4 Å². The Bertz CT molecular complexity index is 317. The normalized spacial score (nSPS) is 12.1. The van der Waals surface area contributed by atoms with E-state index >= 15 is 0 Å². The zero-order valence-corrected chi connectivity index (χ0v) is 13.5. The first-order valence-corrected chi connectivity index (χ1v) is 7.78. The second-order valence-electron chi connectivity index (χ2n) is 3.87. The SMILES string of the molecule is CCC(O)(CC)CNCc1cc(Br)c(Br)s1. The first-order chi connectivity index (χ1) is 7.50. The molecule has 0 radical (unpaired) electrons. The fourth-order valence-electron chi connectivity index (χ4n) is 1.40. The molecule has 0 aliphatic heterocycles. The van der Waals surface area contributed by atoms with Crippen LogP contribution in [0.4, 0.5) is 0 Å². The molecule has 0 aliphatic rings. The van der Waals surface area contributed by atoms with E-state index in [1.54, 1.807) is 11.3 Å². The lowest BCUT2D eigenvalue weighted by Gasteiger charge is -2.25. The van der Waals surface area contributed by atoms with Gasteiger partial charge in [-0.2, -0.15) is 0 Å². The van der Waals surface area contributed by atoms with Crippen molar-refractivity contribution >= 4 is 43.2 Å². The summed E-state index contributed by atoms with van der Waals surface area (Å²) in [4.78, 5) is 1.26. The van der Waals surface area contributed by atoms with Gasteiger partial charge in [0.2, 0.25) is 0 Å². The Kier molecular flexibility index (Phi) is 5.94. The van der Waals surface area contributed by atoms with Crippen LogP contribution in [0, 0.1) is 0 Å². The molecule has 0 amide bonds. The molecule has 0 fully saturated rings. The molecule has 0 bridgehead atoms. The van der Waals surface area contributed by atoms with Crippen LogP contribution < -0.4 is 5.32 Å². The van der Waals surface area contributed by atoms with Crippen molar-refractivity contribution < 1.29 is 5.11 Å². The second-order valence-corrected chi connectivity index (χ2v) is 7.18. The molecule has 16 heavy (non-hydrogen) atoms. The number of rotatable bonds is 6. The maximum atomic E-state index is 10.1. The number of hydrogen-bond acceptors (Lipinski definition) is 3. The van der Waals surface area contributed by atoms with E-state index in [9.17, 15) is 5.11 Å². The fraction of sp³-hybridized carbons (Fsp3) is 0.636. The van der Waals surface area contributed by atoms with Gasteiger partial charge in [-0.1, -0.05) is 13.8 Å². The minimum Gasteiger partial charge on any atom is -0.389 e. The summed E-state index contributed by atoms with van der Waals surface area (Å²) in [5, 5.41) is 13.4. The Labute approximate surface area is 118 Å². The Morgan fingerprint density at radius 2 is 2.00 bits per heavy atom. The van der Waals surface area contributed by atoms with Crippen molar-refractivity contribution in [3.63, 3.8) is 0 Å². The van der Waals surface area contributed by atoms with E-state index < -0.39 is 5.60 Å². The lowest BCUT2D eigenvalue weighted by atomic mass is 9.98. The van der Waals surface area contributed by atoms with Crippen molar-refractivity contribution in [3.05, 3.63) is 19.2 Å². The summed E-state index contributed by atoms with van der Waals surface area (Å²) in [5.74, 6) is 0. The van der Waals surface area contributed by atoms with Gasteiger partial charge in [-0.3, -0.25) is 0 Å². The highest BCUT2D eigenvalue weighted by atomic mass is 79.9. The molecule has 0 saturated carbocycles. The van der Waals surface area contributed by atoms with Gasteiger partial charge in [-0.25, -0.2) is 0 Å². The third kappa shape index (κ3) is 4.11. The minimum absolute atomic E-state index is 0.564. The lowest BCUT2D eigenvalue weighted by molar-refractivity contribution is 0.0323. The first-order valence-electron chi connectivity index (χ1n) is 5.37. The highest BCUT2D eigenvalue weighted by Gasteiger charge is 2.21. The van der Waals surface area contributed by atoms with Crippen molar-refractivity contribution in [2.24, 2.45) is 0 Å². The van der Waals surface area contributed by atoms with E-state index in [1.165, 1.54) is 4.88 Å². The molecule has 1 aromatic rings. The highest BCUT2D eigenvalue weighted by Crippen LogP contribution is 2.32. The van der Waals surface area contributed by atoms with Gasteiger partial charge in [0.1, 0.15) is 0 Å². The topological polar surface area (TPSA) is 32.3 Å². The average Bonchev–Trinajstić information content (AvgIpc) is 2.58. The lowest BCUT2D eigenvalue weighted by Crippen LogP contribution is -2.39. The molecule has 5 heteroatoms. The van der Waals surface area contributed by atoms with Crippen molar-refractivity contribution in [1.29, 1.82) is 0 Å². The predicted octanol–water partition coefficient (Wildman–Crippen LogP) is 3.91. The molecular weight excluding hydrogens is 354 g/mol. The quantitative estimate of drug-likeness (QED) is 0.795. The second kappa shape index (κ2) is 6.50. The van der Waals surface area contributed by atoms with Gasteiger partial charge in [0.05, 0.1) is 9.39 Å². The predicted molar refractivity (Wildman–Crippen MR) is 77.0 cm³/mol. The molecule has 0 spiro atoms. The molecule has 0 saturated heterocycles. The standard InChI is InChI=1S/C11H17Br2NOS/c1-3-11(15,4-2)7-14-6-8-5-9(12)10(13)16-8/h5,14-15H,3-4,6-7H2,1-2H3. The van der Waals surface area contributed by atoms with E-state index in [1.807, 2.05) is 13.8 Å². The van der Waals surface area contributed by atoms with Crippen LogP contribution in [0.5, 0.6) is 0 Å². The monoisotopic (exact) mass is 369 g/mol. The van der Waals surface area contributed by atoms with Gasteiger partial charge in [-0.15, -0.1) is 11.3 Å². The maximum Gasteiger partial charge on any atom is 0.0843 e. The minimum atomic E-state index is -0.564. The van der Waals surface area contributed by atoms with Crippen LogP contribution in [-0.2, 0) is 6.54 Å². The summed E-state index contributed by atoms with van der Waals surface area (Å²) in [7, 11) is 0. The summed E-state index contributed by atoms with van der Waals surface area (Å²) in [6, 6.07) is 2.10. The average molecular weight is 371 g/mol. The van der Waals surface area contributed by atoms with Crippen LogP contribution in [-0.4, -0.2) is 17.3 Å². The molecule has 0 aliphatic carbocycles. The van der Waals surface area contributed by atoms with Crippen LogP contribution in [0.25, 0.3) is 0 Å². The van der Waals surface area contributed by atoms with Crippen LogP contribution in [0.1, 0.15) is 31.6 Å². The zero-order valence-electron chi connectivity index (χ0n) is 9.52. The molecule has 2 N–H and O–H groups in total. The number of halogens is 2. The van der Waals surface area contributed by atoms with Crippen molar-refractivity contribution in [2.75, 3.05) is 6.54 Å². The molecule has 92 valence electrons.